The predicted molar refractivity (Wildman–Crippen MR) is 92.6 cm³/mol. The summed E-state index contributed by atoms with van der Waals surface area (Å²) in [7, 11) is 0. The molecule has 21 heavy (non-hydrogen) atoms. The summed E-state index contributed by atoms with van der Waals surface area (Å²) in [6.45, 7) is 6.83. The Balaban J connectivity index is 2.13. The molecule has 3 rings (SSSR count). The van der Waals surface area contributed by atoms with E-state index in [-0.39, 0.29) is 0 Å². The lowest BCUT2D eigenvalue weighted by Crippen LogP contribution is -1.95. The van der Waals surface area contributed by atoms with Crippen LogP contribution in [0.3, 0.4) is 0 Å². The minimum Gasteiger partial charge on any atom is -0.0652 e. The number of hydrogen-bond acceptors (Lipinski definition) is 0. The Bertz CT molecular complexity index is 660. The maximum absolute atomic E-state index is 2.44. The molecule has 0 fully saturated rings. The van der Waals surface area contributed by atoms with Gasteiger partial charge < -0.3 is 0 Å². The highest BCUT2D eigenvalue weighted by atomic mass is 14.2. The Hall–Kier alpha value is -1.82. The highest BCUT2D eigenvalue weighted by Gasteiger charge is 2.18. The molecule has 0 radical (unpaired) electrons. The van der Waals surface area contributed by atoms with Crippen molar-refractivity contribution in [3.8, 4) is 11.1 Å². The van der Waals surface area contributed by atoms with E-state index < -0.39 is 0 Å². The van der Waals surface area contributed by atoms with Gasteiger partial charge in [-0.25, -0.2) is 0 Å². The van der Waals surface area contributed by atoms with Gasteiger partial charge in [0.15, 0.2) is 0 Å². The molecule has 0 unspecified atom stereocenters. The maximum atomic E-state index is 2.44. The third-order valence-corrected chi connectivity index (χ3v) is 4.38. The largest absolute Gasteiger partial charge is 0.0652 e. The summed E-state index contributed by atoms with van der Waals surface area (Å²) in [5.74, 6) is 0.577. The Morgan fingerprint density at radius 3 is 2.48 bits per heavy atom. The molecule has 2 aromatic rings. The smallest absolute Gasteiger partial charge is 0.00575 e. The molecule has 0 heterocycles. The van der Waals surface area contributed by atoms with Crippen LogP contribution in [0.4, 0.5) is 0 Å². The third kappa shape index (κ3) is 2.81. The second-order valence-electron chi connectivity index (χ2n) is 6.39. The van der Waals surface area contributed by atoms with Crippen molar-refractivity contribution in [2.45, 2.75) is 46.0 Å². The summed E-state index contributed by atoms with van der Waals surface area (Å²) in [5.41, 5.74) is 8.76. The molecule has 1 aliphatic rings. The van der Waals surface area contributed by atoms with Crippen molar-refractivity contribution in [2.24, 2.45) is 0 Å². The summed E-state index contributed by atoms with van der Waals surface area (Å²) in [5, 5.41) is 0. The standard InChI is InChI=1S/C21H24/c1-4-8-16-11-19-13-18(15(2)3)14-21(20(19)12-16)17-9-6-5-7-10-17/h5-7,9-10,12-15H,4,8,11H2,1-3H3. The second kappa shape index (κ2) is 5.89. The van der Waals surface area contributed by atoms with E-state index in [9.17, 15) is 0 Å². The second-order valence-corrected chi connectivity index (χ2v) is 6.39. The average Bonchev–Trinajstić information content (AvgIpc) is 2.89. The molecule has 2 aromatic carbocycles. The molecule has 108 valence electrons. The molecule has 1 aliphatic carbocycles. The van der Waals surface area contributed by atoms with E-state index in [1.165, 1.54) is 40.7 Å². The zero-order chi connectivity index (χ0) is 14.8. The van der Waals surface area contributed by atoms with Crippen LogP contribution in [-0.2, 0) is 6.42 Å². The monoisotopic (exact) mass is 276 g/mol. The summed E-state index contributed by atoms with van der Waals surface area (Å²) in [6.07, 6.45) is 6.03. The van der Waals surface area contributed by atoms with Crippen LogP contribution in [-0.4, -0.2) is 0 Å². The van der Waals surface area contributed by atoms with Gasteiger partial charge in [0.25, 0.3) is 0 Å². The summed E-state index contributed by atoms with van der Waals surface area (Å²) in [4.78, 5) is 0. The van der Waals surface area contributed by atoms with E-state index in [4.69, 9.17) is 0 Å². The van der Waals surface area contributed by atoms with Gasteiger partial charge in [0.2, 0.25) is 0 Å². The van der Waals surface area contributed by atoms with E-state index in [0.29, 0.717) is 5.92 Å². The van der Waals surface area contributed by atoms with E-state index in [0.717, 1.165) is 6.42 Å². The topological polar surface area (TPSA) is 0 Å². The lowest BCUT2D eigenvalue weighted by atomic mass is 9.91. The van der Waals surface area contributed by atoms with Crippen molar-refractivity contribution in [3.05, 3.63) is 64.7 Å². The van der Waals surface area contributed by atoms with Gasteiger partial charge in [-0.3, -0.25) is 0 Å². The lowest BCUT2D eigenvalue weighted by molar-refractivity contribution is 0.859. The van der Waals surface area contributed by atoms with E-state index in [1.54, 1.807) is 5.57 Å². The quantitative estimate of drug-likeness (QED) is 0.622. The fraction of sp³-hybridized carbons (Fsp3) is 0.333. The van der Waals surface area contributed by atoms with Gasteiger partial charge >= 0.3 is 0 Å². The fourth-order valence-electron chi connectivity index (χ4n) is 3.23. The van der Waals surface area contributed by atoms with E-state index in [1.807, 2.05) is 0 Å². The van der Waals surface area contributed by atoms with Crippen LogP contribution in [0, 0.1) is 0 Å². The van der Waals surface area contributed by atoms with Gasteiger partial charge in [-0.1, -0.05) is 81.3 Å². The minimum atomic E-state index is 0.577. The van der Waals surface area contributed by atoms with Gasteiger partial charge in [0.05, 0.1) is 0 Å². The van der Waals surface area contributed by atoms with Crippen LogP contribution in [0.25, 0.3) is 17.2 Å². The molecule has 0 atom stereocenters. The van der Waals surface area contributed by atoms with Crippen molar-refractivity contribution in [3.63, 3.8) is 0 Å². The molecule has 0 N–H and O–H groups in total. The lowest BCUT2D eigenvalue weighted by Gasteiger charge is -2.14. The zero-order valence-electron chi connectivity index (χ0n) is 13.3. The zero-order valence-corrected chi connectivity index (χ0v) is 13.3. The van der Waals surface area contributed by atoms with Crippen molar-refractivity contribution >= 4 is 6.08 Å². The molecule has 0 aromatic heterocycles. The summed E-state index contributed by atoms with van der Waals surface area (Å²) >= 11 is 0. The van der Waals surface area contributed by atoms with Crippen molar-refractivity contribution < 1.29 is 0 Å². The van der Waals surface area contributed by atoms with Crippen molar-refractivity contribution in [1.29, 1.82) is 0 Å². The number of fused-ring (bicyclic) bond motifs is 1. The van der Waals surface area contributed by atoms with Crippen LogP contribution in [0.2, 0.25) is 0 Å². The fourth-order valence-corrected chi connectivity index (χ4v) is 3.23. The van der Waals surface area contributed by atoms with Crippen LogP contribution in [0.15, 0.2) is 48.0 Å². The van der Waals surface area contributed by atoms with Gasteiger partial charge in [0, 0.05) is 0 Å². The number of rotatable bonds is 4. The maximum Gasteiger partial charge on any atom is -0.00575 e. The highest BCUT2D eigenvalue weighted by Crippen LogP contribution is 2.37. The van der Waals surface area contributed by atoms with Gasteiger partial charge in [0.1, 0.15) is 0 Å². The first-order valence-corrected chi connectivity index (χ1v) is 8.10. The number of allylic oxidation sites excluding steroid dienone is 1. The molecule has 0 saturated heterocycles. The molecule has 0 nitrogen and oxygen atoms in total. The Morgan fingerprint density at radius 1 is 1.05 bits per heavy atom. The van der Waals surface area contributed by atoms with Crippen LogP contribution in [0.5, 0.6) is 0 Å². The summed E-state index contributed by atoms with van der Waals surface area (Å²) in [6, 6.07) is 15.6. The first kappa shape index (κ1) is 14.1. The molecule has 0 spiro atoms. The third-order valence-electron chi connectivity index (χ3n) is 4.38. The minimum absolute atomic E-state index is 0.577. The molecule has 0 bridgehead atoms. The Morgan fingerprint density at radius 2 is 1.81 bits per heavy atom. The summed E-state index contributed by atoms with van der Waals surface area (Å²) < 4.78 is 0. The first-order chi connectivity index (χ1) is 10.2. The Labute approximate surface area is 128 Å². The molecule has 0 heteroatoms. The van der Waals surface area contributed by atoms with Crippen molar-refractivity contribution in [1.82, 2.24) is 0 Å². The van der Waals surface area contributed by atoms with Gasteiger partial charge in [-0.05, 0) is 46.6 Å². The highest BCUT2D eigenvalue weighted by molar-refractivity contribution is 5.81. The van der Waals surface area contributed by atoms with Gasteiger partial charge in [-0.15, -0.1) is 0 Å². The molecular weight excluding hydrogens is 252 g/mol. The molecular formula is C21H24. The van der Waals surface area contributed by atoms with Gasteiger partial charge in [-0.2, -0.15) is 0 Å². The Kier molecular flexibility index (Phi) is 3.96. The molecule has 0 aliphatic heterocycles. The number of hydrogen-bond donors (Lipinski definition) is 0. The first-order valence-electron chi connectivity index (χ1n) is 8.10. The average molecular weight is 276 g/mol. The van der Waals surface area contributed by atoms with E-state index in [2.05, 4.69) is 69.3 Å². The molecule has 0 amide bonds. The number of benzene rings is 2. The van der Waals surface area contributed by atoms with Crippen molar-refractivity contribution in [2.75, 3.05) is 0 Å². The van der Waals surface area contributed by atoms with Crippen LogP contribution in [0.1, 0.15) is 56.2 Å². The molecule has 0 saturated carbocycles. The van der Waals surface area contributed by atoms with Crippen LogP contribution < -0.4 is 0 Å². The SMILES string of the molecule is CCCC1=Cc2c(cc(C(C)C)cc2-c2ccccc2)C1. The normalized spacial score (nSPS) is 13.4. The predicted octanol–water partition coefficient (Wildman–Crippen LogP) is 6.22. The van der Waals surface area contributed by atoms with E-state index >= 15 is 0 Å². The van der Waals surface area contributed by atoms with Crippen LogP contribution >= 0.6 is 0 Å².